The van der Waals surface area contributed by atoms with Gasteiger partial charge in [-0.25, -0.2) is 19.9 Å². The van der Waals surface area contributed by atoms with Gasteiger partial charge in [-0.05, 0) is 35.9 Å². The summed E-state index contributed by atoms with van der Waals surface area (Å²) in [6.07, 6.45) is 19.1. The molecule has 15 heteroatoms. The average Bonchev–Trinajstić information content (AvgIpc) is 4.14. The number of amides is 2. The monoisotopic (exact) mass is 805 g/mol. The van der Waals surface area contributed by atoms with Gasteiger partial charge in [0.2, 0.25) is 0 Å². The Morgan fingerprint density at radius 2 is 1.03 bits per heavy atom. The Kier molecular flexibility index (Phi) is 15.5. The maximum atomic E-state index is 12.5. The van der Waals surface area contributed by atoms with Crippen LogP contribution in [0.1, 0.15) is 87.2 Å². The Morgan fingerprint density at radius 1 is 0.517 bits per heavy atom. The van der Waals surface area contributed by atoms with Gasteiger partial charge in [0.25, 0.3) is 11.8 Å². The summed E-state index contributed by atoms with van der Waals surface area (Å²) >= 11 is 0. The third-order valence-electron chi connectivity index (χ3n) is 8.81. The summed E-state index contributed by atoms with van der Waals surface area (Å²) in [4.78, 5) is 55.0. The second-order valence-corrected chi connectivity index (χ2v) is 11.8. The first-order valence-electron chi connectivity index (χ1n) is 20.3. The number of hydrogen-bond donors (Lipinski definition) is 4. The van der Waals surface area contributed by atoms with Crippen molar-refractivity contribution in [2.75, 3.05) is 10.6 Å². The molecule has 1 aromatic carbocycles. The molecule has 0 bridgehead atoms. The van der Waals surface area contributed by atoms with E-state index in [-0.39, 0.29) is 11.8 Å². The maximum absolute atomic E-state index is 12.5. The first-order chi connectivity index (χ1) is 29.6. The van der Waals surface area contributed by atoms with Gasteiger partial charge in [0.15, 0.2) is 11.3 Å². The molecule has 2 aliphatic heterocycles. The van der Waals surface area contributed by atoms with Crippen LogP contribution in [0.25, 0.3) is 33.9 Å². The number of carbonyl (C=O) groups excluding carboxylic acids is 2. The summed E-state index contributed by atoms with van der Waals surface area (Å²) in [5.74, 6) is 1.14. The molecule has 10 rings (SSSR count). The number of nitrogens with one attached hydrogen (secondary N) is 4. The van der Waals surface area contributed by atoms with E-state index in [1.165, 1.54) is 0 Å². The van der Waals surface area contributed by atoms with Crippen molar-refractivity contribution in [2.24, 2.45) is 0 Å². The number of anilines is 4. The molecule has 8 aromatic rings. The second-order valence-electron chi connectivity index (χ2n) is 11.8. The molecule has 308 valence electrons. The van der Waals surface area contributed by atoms with E-state index in [4.69, 9.17) is 0 Å². The minimum Gasteiger partial charge on any atom is -0.348 e. The zero-order chi connectivity index (χ0) is 43.0. The highest BCUT2D eigenvalue weighted by atomic mass is 16.2. The number of nitrogens with zero attached hydrogens (tertiary/aromatic N) is 9. The fraction of sp³-hybridized carbons (Fsp3) is 0.222. The Bertz CT molecular complexity index is 2460. The fourth-order valence-corrected chi connectivity index (χ4v) is 6.46. The van der Waals surface area contributed by atoms with Crippen LogP contribution in [0.3, 0.4) is 0 Å². The quantitative estimate of drug-likeness (QED) is 0.126. The third kappa shape index (κ3) is 9.10. The molecule has 0 aliphatic carbocycles. The van der Waals surface area contributed by atoms with Crippen LogP contribution in [0.4, 0.5) is 23.0 Å². The van der Waals surface area contributed by atoms with Crippen molar-refractivity contribution in [2.45, 2.75) is 68.5 Å². The van der Waals surface area contributed by atoms with Crippen molar-refractivity contribution in [1.82, 2.24) is 54.3 Å². The number of carbonyl (C=O) groups is 2. The van der Waals surface area contributed by atoms with Crippen LogP contribution in [0.2, 0.25) is 0 Å². The molecule has 0 saturated heterocycles. The molecule has 4 N–H and O–H groups in total. The first kappa shape index (κ1) is 43.6. The standard InChI is InChI=1S/C19H14N6O.C18H13N7O.4C2H6/c26-19-18-13(9-23-19)12(15-10-22-17-11-20-7-8-25(15)17)4-5-14(18)24-16-3-1-2-6-21-16;26-18-16-11(7-23-18)17(13-9-21-15-10-19-5-6-25(13)15)22-8-12(16)24-14-3-1-2-4-20-14;4*1-2/h1-8,10-11H,9H2,(H,21,24)(H,23,26);1-6,8-10H,7H2,(H,20,24)(H,23,26);4*1-2H3. The SMILES string of the molecule is CC.CC.CC.CC.O=C1NCc2c(-c3cnc4cnccn34)ccc(Nc3ccccn3)c21.O=C1NCc2c(-c3cnc4cnccn34)ncc(Nc3ccccn3)c21. The highest BCUT2D eigenvalue weighted by Gasteiger charge is 2.29. The van der Waals surface area contributed by atoms with E-state index in [9.17, 15) is 9.59 Å². The number of fused-ring (bicyclic) bond motifs is 4. The summed E-state index contributed by atoms with van der Waals surface area (Å²) in [6, 6.07) is 15.1. The van der Waals surface area contributed by atoms with Crippen LogP contribution in [0, 0.1) is 0 Å². The molecule has 2 aliphatic rings. The van der Waals surface area contributed by atoms with Crippen LogP contribution >= 0.6 is 0 Å². The lowest BCUT2D eigenvalue weighted by Crippen LogP contribution is -2.13. The van der Waals surface area contributed by atoms with Gasteiger partial charge >= 0.3 is 0 Å². The van der Waals surface area contributed by atoms with Crippen molar-refractivity contribution < 1.29 is 9.59 Å². The summed E-state index contributed by atoms with van der Waals surface area (Å²) in [6.45, 7) is 16.9. The number of pyridine rings is 3. The molecule has 7 aromatic heterocycles. The van der Waals surface area contributed by atoms with Gasteiger partial charge in [-0.1, -0.05) is 73.6 Å². The summed E-state index contributed by atoms with van der Waals surface area (Å²) in [5.41, 5.74) is 9.35. The molecule has 0 radical (unpaired) electrons. The lowest BCUT2D eigenvalue weighted by molar-refractivity contribution is 0.0958. The predicted octanol–water partition coefficient (Wildman–Crippen LogP) is 9.06. The van der Waals surface area contributed by atoms with Crippen LogP contribution in [0.15, 0.2) is 117 Å². The topological polar surface area (TPSA) is 181 Å². The van der Waals surface area contributed by atoms with E-state index in [1.807, 2.05) is 125 Å². The molecule has 60 heavy (non-hydrogen) atoms. The van der Waals surface area contributed by atoms with Gasteiger partial charge in [-0.15, -0.1) is 0 Å². The Hall–Kier alpha value is -7.55. The van der Waals surface area contributed by atoms with E-state index in [2.05, 4.69) is 56.2 Å². The molecule has 2 amide bonds. The zero-order valence-corrected chi connectivity index (χ0v) is 35.2. The fourth-order valence-electron chi connectivity index (χ4n) is 6.46. The van der Waals surface area contributed by atoms with Gasteiger partial charge in [0.1, 0.15) is 11.6 Å². The molecule has 15 nitrogen and oxygen atoms in total. The van der Waals surface area contributed by atoms with E-state index in [0.29, 0.717) is 41.5 Å². The number of rotatable bonds is 6. The predicted molar refractivity (Wildman–Crippen MR) is 237 cm³/mol. The second kappa shape index (κ2) is 21.3. The van der Waals surface area contributed by atoms with Crippen molar-refractivity contribution in [3.63, 3.8) is 0 Å². The van der Waals surface area contributed by atoms with E-state index < -0.39 is 0 Å². The van der Waals surface area contributed by atoms with Crippen LogP contribution in [-0.4, -0.2) is 55.5 Å². The smallest absolute Gasteiger partial charge is 0.254 e. The Balaban J connectivity index is 0.000000196. The first-order valence-corrected chi connectivity index (χ1v) is 20.3. The number of benzene rings is 1. The molecule has 9 heterocycles. The van der Waals surface area contributed by atoms with Crippen LogP contribution in [0.5, 0.6) is 0 Å². The molecular formula is C45H51N13O2. The van der Waals surface area contributed by atoms with Gasteiger partial charge in [-0.3, -0.25) is 33.3 Å². The van der Waals surface area contributed by atoms with Gasteiger partial charge in [-0.2, -0.15) is 0 Å². The van der Waals surface area contributed by atoms with E-state index in [1.54, 1.807) is 55.8 Å². The van der Waals surface area contributed by atoms with E-state index >= 15 is 0 Å². The summed E-state index contributed by atoms with van der Waals surface area (Å²) in [7, 11) is 0. The van der Waals surface area contributed by atoms with E-state index in [0.717, 1.165) is 50.8 Å². The van der Waals surface area contributed by atoms with Crippen molar-refractivity contribution >= 4 is 46.1 Å². The number of imidazole rings is 2. The summed E-state index contributed by atoms with van der Waals surface area (Å²) in [5, 5.41) is 12.2. The Labute approximate surface area is 349 Å². The third-order valence-corrected chi connectivity index (χ3v) is 8.81. The molecule has 0 spiro atoms. The van der Waals surface area contributed by atoms with Crippen LogP contribution in [-0.2, 0) is 13.1 Å². The lowest BCUT2D eigenvalue weighted by Gasteiger charge is -2.12. The maximum Gasteiger partial charge on any atom is 0.254 e. The lowest BCUT2D eigenvalue weighted by atomic mass is 9.99. The molecule has 0 unspecified atom stereocenters. The summed E-state index contributed by atoms with van der Waals surface area (Å²) < 4.78 is 3.88. The highest BCUT2D eigenvalue weighted by molar-refractivity contribution is 6.06. The molecule has 0 fully saturated rings. The number of aromatic nitrogens is 9. The molecular weight excluding hydrogens is 755 g/mol. The Morgan fingerprint density at radius 3 is 1.60 bits per heavy atom. The normalized spacial score (nSPS) is 11.5. The van der Waals surface area contributed by atoms with Crippen molar-refractivity contribution in [3.8, 4) is 22.6 Å². The largest absolute Gasteiger partial charge is 0.348 e. The van der Waals surface area contributed by atoms with Crippen molar-refractivity contribution in [1.29, 1.82) is 0 Å². The molecule has 0 saturated carbocycles. The van der Waals surface area contributed by atoms with Crippen LogP contribution < -0.4 is 21.3 Å². The zero-order valence-electron chi connectivity index (χ0n) is 35.2. The van der Waals surface area contributed by atoms with Gasteiger partial charge in [0, 0.05) is 61.4 Å². The minimum absolute atomic E-state index is 0.0873. The number of hydrogen-bond acceptors (Lipinski definition) is 11. The van der Waals surface area contributed by atoms with Crippen molar-refractivity contribution in [3.05, 3.63) is 139 Å². The minimum atomic E-state index is -0.127. The molecule has 0 atom stereocenters. The average molecular weight is 806 g/mol. The van der Waals surface area contributed by atoms with Gasteiger partial charge in [0.05, 0.1) is 70.6 Å². The highest BCUT2D eigenvalue weighted by Crippen LogP contribution is 2.36. The van der Waals surface area contributed by atoms with Gasteiger partial charge < -0.3 is 21.3 Å².